The van der Waals surface area contributed by atoms with Gasteiger partial charge in [-0.05, 0) is 42.7 Å². The van der Waals surface area contributed by atoms with Gasteiger partial charge >= 0.3 is 0 Å². The molecule has 0 spiro atoms. The molecular formula is C17H14O3. The molecule has 3 rings (SSSR count). The van der Waals surface area contributed by atoms with Gasteiger partial charge in [-0.25, -0.2) is 0 Å². The Kier molecular flexibility index (Phi) is 3.33. The van der Waals surface area contributed by atoms with E-state index in [9.17, 15) is 9.59 Å². The molecule has 0 unspecified atom stereocenters. The number of carbonyl (C=O) groups excluding carboxylic acids is 2. The Bertz CT molecular complexity index is 692. The van der Waals surface area contributed by atoms with Gasteiger partial charge in [-0.15, -0.1) is 0 Å². The fourth-order valence-electron chi connectivity index (χ4n) is 2.41. The van der Waals surface area contributed by atoms with Gasteiger partial charge in [-0.2, -0.15) is 0 Å². The Labute approximate surface area is 116 Å². The minimum atomic E-state index is 0.214. The fraction of sp³-hybridized carbons (Fsp3) is 0.176. The van der Waals surface area contributed by atoms with Crippen molar-refractivity contribution < 1.29 is 14.0 Å². The summed E-state index contributed by atoms with van der Waals surface area (Å²) in [6.07, 6.45) is 5.03. The SMILES string of the molecule is O=Cc1cccc(-c2ccc(/C=C3\CCCC3=O)o2)c1. The van der Waals surface area contributed by atoms with Crippen molar-refractivity contribution in [3.63, 3.8) is 0 Å². The van der Waals surface area contributed by atoms with Crippen LogP contribution in [0.5, 0.6) is 0 Å². The van der Waals surface area contributed by atoms with Gasteiger partial charge in [-0.3, -0.25) is 9.59 Å². The first-order valence-corrected chi connectivity index (χ1v) is 6.65. The second-order valence-corrected chi connectivity index (χ2v) is 4.89. The predicted octanol–water partition coefficient (Wildman–Crippen LogP) is 3.90. The van der Waals surface area contributed by atoms with Crippen LogP contribution in [0.15, 0.2) is 46.4 Å². The van der Waals surface area contributed by atoms with E-state index < -0.39 is 0 Å². The molecule has 0 saturated heterocycles. The van der Waals surface area contributed by atoms with Gasteiger partial charge in [0.25, 0.3) is 0 Å². The summed E-state index contributed by atoms with van der Waals surface area (Å²) in [7, 11) is 0. The number of allylic oxidation sites excluding steroid dienone is 1. The van der Waals surface area contributed by atoms with Crippen molar-refractivity contribution in [1.29, 1.82) is 0 Å². The maximum Gasteiger partial charge on any atom is 0.159 e. The van der Waals surface area contributed by atoms with Crippen LogP contribution in [0.1, 0.15) is 35.4 Å². The molecule has 100 valence electrons. The predicted molar refractivity (Wildman–Crippen MR) is 76.4 cm³/mol. The summed E-state index contributed by atoms with van der Waals surface area (Å²) < 4.78 is 5.73. The van der Waals surface area contributed by atoms with Crippen molar-refractivity contribution >= 4 is 18.1 Å². The molecule has 1 aliphatic carbocycles. The second-order valence-electron chi connectivity index (χ2n) is 4.89. The number of rotatable bonds is 3. The minimum absolute atomic E-state index is 0.214. The van der Waals surface area contributed by atoms with E-state index >= 15 is 0 Å². The smallest absolute Gasteiger partial charge is 0.159 e. The van der Waals surface area contributed by atoms with Crippen LogP contribution in [0.25, 0.3) is 17.4 Å². The van der Waals surface area contributed by atoms with Gasteiger partial charge in [-0.1, -0.05) is 18.2 Å². The van der Waals surface area contributed by atoms with Crippen molar-refractivity contribution in [3.05, 3.63) is 53.3 Å². The first kappa shape index (κ1) is 12.6. The van der Waals surface area contributed by atoms with Gasteiger partial charge in [0.2, 0.25) is 0 Å². The molecule has 3 heteroatoms. The maximum absolute atomic E-state index is 11.6. The Morgan fingerprint density at radius 1 is 1.10 bits per heavy atom. The Balaban J connectivity index is 1.90. The van der Waals surface area contributed by atoms with Crippen LogP contribution in [0.4, 0.5) is 0 Å². The van der Waals surface area contributed by atoms with Crippen molar-refractivity contribution in [1.82, 2.24) is 0 Å². The van der Waals surface area contributed by atoms with Crippen molar-refractivity contribution in [3.8, 4) is 11.3 Å². The lowest BCUT2D eigenvalue weighted by Crippen LogP contribution is -1.90. The molecule has 2 aromatic rings. The molecule has 0 atom stereocenters. The normalized spacial score (nSPS) is 16.8. The lowest BCUT2D eigenvalue weighted by atomic mass is 10.1. The summed E-state index contributed by atoms with van der Waals surface area (Å²) >= 11 is 0. The molecule has 0 amide bonds. The number of carbonyl (C=O) groups is 2. The molecule has 1 heterocycles. The molecule has 1 fully saturated rings. The molecule has 1 aromatic heterocycles. The van der Waals surface area contributed by atoms with E-state index in [1.807, 2.05) is 30.3 Å². The summed E-state index contributed by atoms with van der Waals surface area (Å²) in [5.41, 5.74) is 2.31. The second kappa shape index (κ2) is 5.29. The number of aldehydes is 1. The summed E-state index contributed by atoms with van der Waals surface area (Å²) in [5, 5.41) is 0. The molecule has 0 radical (unpaired) electrons. The Morgan fingerprint density at radius 2 is 2.00 bits per heavy atom. The van der Waals surface area contributed by atoms with Crippen LogP contribution >= 0.6 is 0 Å². The van der Waals surface area contributed by atoms with E-state index in [-0.39, 0.29) is 5.78 Å². The number of ketones is 1. The molecule has 3 nitrogen and oxygen atoms in total. The molecule has 1 aromatic carbocycles. The average molecular weight is 266 g/mol. The fourth-order valence-corrected chi connectivity index (χ4v) is 2.41. The number of Topliss-reactive ketones (excluding diaryl/α,β-unsaturated/α-hetero) is 1. The van der Waals surface area contributed by atoms with Crippen LogP contribution in [-0.4, -0.2) is 12.1 Å². The summed E-state index contributed by atoms with van der Waals surface area (Å²) in [4.78, 5) is 22.4. The van der Waals surface area contributed by atoms with E-state index in [4.69, 9.17) is 4.42 Å². The zero-order valence-corrected chi connectivity index (χ0v) is 11.0. The van der Waals surface area contributed by atoms with Gasteiger partial charge < -0.3 is 4.42 Å². The van der Waals surface area contributed by atoms with E-state index in [0.717, 1.165) is 30.3 Å². The number of hydrogen-bond donors (Lipinski definition) is 0. The van der Waals surface area contributed by atoms with E-state index in [1.165, 1.54) is 0 Å². The van der Waals surface area contributed by atoms with Gasteiger partial charge in [0, 0.05) is 17.5 Å². The summed E-state index contributed by atoms with van der Waals surface area (Å²) in [5.74, 6) is 1.60. The highest BCUT2D eigenvalue weighted by Gasteiger charge is 2.17. The third-order valence-corrected chi connectivity index (χ3v) is 3.46. The van der Waals surface area contributed by atoms with Gasteiger partial charge in [0.15, 0.2) is 5.78 Å². The highest BCUT2D eigenvalue weighted by molar-refractivity contribution is 6.01. The summed E-state index contributed by atoms with van der Waals surface area (Å²) in [6.45, 7) is 0. The molecule has 0 aliphatic heterocycles. The molecular weight excluding hydrogens is 252 g/mol. The Morgan fingerprint density at radius 3 is 2.75 bits per heavy atom. The van der Waals surface area contributed by atoms with Crippen LogP contribution < -0.4 is 0 Å². The van der Waals surface area contributed by atoms with Gasteiger partial charge in [0.1, 0.15) is 17.8 Å². The number of benzene rings is 1. The average Bonchev–Trinajstić information content (AvgIpc) is 3.10. The van der Waals surface area contributed by atoms with E-state index in [2.05, 4.69) is 0 Å². The lowest BCUT2D eigenvalue weighted by Gasteiger charge is -1.98. The van der Waals surface area contributed by atoms with Crippen LogP contribution in [0, 0.1) is 0 Å². The standard InChI is InChI=1S/C17H14O3/c18-11-12-3-1-5-14(9-12)17-8-7-15(20-17)10-13-4-2-6-16(13)19/h1,3,5,7-11H,2,4,6H2/b13-10+. The molecule has 20 heavy (non-hydrogen) atoms. The zero-order valence-electron chi connectivity index (χ0n) is 11.0. The topological polar surface area (TPSA) is 47.3 Å². The Hall–Kier alpha value is -2.42. The van der Waals surface area contributed by atoms with Gasteiger partial charge in [0.05, 0.1) is 0 Å². The first-order chi connectivity index (χ1) is 9.76. The maximum atomic E-state index is 11.6. The largest absolute Gasteiger partial charge is 0.457 e. The molecule has 1 saturated carbocycles. The number of hydrogen-bond acceptors (Lipinski definition) is 3. The van der Waals surface area contributed by atoms with Crippen LogP contribution in [0.3, 0.4) is 0 Å². The van der Waals surface area contributed by atoms with Crippen molar-refractivity contribution in [2.75, 3.05) is 0 Å². The van der Waals surface area contributed by atoms with Crippen molar-refractivity contribution in [2.24, 2.45) is 0 Å². The highest BCUT2D eigenvalue weighted by atomic mass is 16.3. The molecule has 1 aliphatic rings. The minimum Gasteiger partial charge on any atom is -0.457 e. The zero-order chi connectivity index (χ0) is 13.9. The van der Waals surface area contributed by atoms with Crippen LogP contribution in [-0.2, 0) is 4.79 Å². The summed E-state index contributed by atoms with van der Waals surface area (Å²) in [6, 6.07) is 10.9. The third kappa shape index (κ3) is 2.48. The van der Waals surface area contributed by atoms with Crippen LogP contribution in [0.2, 0.25) is 0 Å². The van der Waals surface area contributed by atoms with E-state index in [1.54, 1.807) is 12.1 Å². The number of furan rings is 1. The van der Waals surface area contributed by atoms with E-state index in [0.29, 0.717) is 23.5 Å². The highest BCUT2D eigenvalue weighted by Crippen LogP contribution is 2.27. The lowest BCUT2D eigenvalue weighted by molar-refractivity contribution is -0.114. The quantitative estimate of drug-likeness (QED) is 0.625. The monoisotopic (exact) mass is 266 g/mol. The molecule has 0 bridgehead atoms. The third-order valence-electron chi connectivity index (χ3n) is 3.46. The molecule has 0 N–H and O–H groups in total. The van der Waals surface area contributed by atoms with Crippen molar-refractivity contribution in [2.45, 2.75) is 19.3 Å². The first-order valence-electron chi connectivity index (χ1n) is 6.65.